The molecule has 1 unspecified atom stereocenters. The molecule has 1 fully saturated rings. The van der Waals surface area contributed by atoms with E-state index in [9.17, 15) is 13.2 Å². The second-order valence-electron chi connectivity index (χ2n) is 7.07. The van der Waals surface area contributed by atoms with E-state index in [2.05, 4.69) is 30.4 Å². The average molecular weight is 430 g/mol. The first kappa shape index (κ1) is 21.1. The number of halogens is 3. The van der Waals surface area contributed by atoms with E-state index < -0.39 is 11.7 Å². The molecule has 1 aliphatic rings. The maximum Gasteiger partial charge on any atom is 0.416 e. The van der Waals surface area contributed by atoms with Crippen LogP contribution < -0.4 is 5.32 Å². The first-order chi connectivity index (χ1) is 15.0. The molecule has 1 N–H and O–H groups in total. The lowest BCUT2D eigenvalue weighted by molar-refractivity contribution is -0.137. The fourth-order valence-electron chi connectivity index (χ4n) is 3.46. The van der Waals surface area contributed by atoms with E-state index in [0.29, 0.717) is 37.0 Å². The van der Waals surface area contributed by atoms with Crippen LogP contribution in [0.1, 0.15) is 17.2 Å². The van der Waals surface area contributed by atoms with Gasteiger partial charge >= 0.3 is 6.18 Å². The number of nitrogens with one attached hydrogen (secondary N) is 1. The summed E-state index contributed by atoms with van der Waals surface area (Å²) in [7, 11) is 0. The number of pyridine rings is 1. The van der Waals surface area contributed by atoms with Crippen molar-refractivity contribution in [2.75, 3.05) is 38.2 Å². The van der Waals surface area contributed by atoms with E-state index in [1.165, 1.54) is 18.3 Å². The van der Waals surface area contributed by atoms with Gasteiger partial charge < -0.3 is 10.1 Å². The van der Waals surface area contributed by atoms with Crippen LogP contribution in [-0.2, 0) is 10.9 Å². The molecule has 2 aromatic heterocycles. The van der Waals surface area contributed by atoms with E-state index >= 15 is 0 Å². The third kappa shape index (κ3) is 5.33. The van der Waals surface area contributed by atoms with Crippen molar-refractivity contribution in [3.63, 3.8) is 0 Å². The van der Waals surface area contributed by atoms with Gasteiger partial charge in [-0.1, -0.05) is 18.2 Å². The highest BCUT2D eigenvalue weighted by atomic mass is 19.4. The summed E-state index contributed by atoms with van der Waals surface area (Å²) in [6.07, 6.45) is 0.609. The Morgan fingerprint density at radius 1 is 1.06 bits per heavy atom. The standard InChI is InChI=1S/C21H21F3N6O/c22-21(23,24)17-5-3-15(4-6-17)18-13-27-29-20(28-18)26-14-19(16-2-1-7-25-12-16)30-8-10-31-11-9-30/h1-7,12-13,19H,8-11,14H2,(H,26,28,29). The quantitative estimate of drug-likeness (QED) is 0.642. The van der Waals surface area contributed by atoms with Gasteiger partial charge in [-0.3, -0.25) is 9.88 Å². The number of morpholine rings is 1. The number of hydrogen-bond donors (Lipinski definition) is 1. The Kier molecular flexibility index (Phi) is 6.38. The van der Waals surface area contributed by atoms with Gasteiger partial charge in [0.05, 0.1) is 36.7 Å². The zero-order chi connectivity index (χ0) is 21.7. The van der Waals surface area contributed by atoms with Crippen LogP contribution in [-0.4, -0.2) is 57.9 Å². The first-order valence-electron chi connectivity index (χ1n) is 9.83. The fraction of sp³-hybridized carbons (Fsp3) is 0.333. The van der Waals surface area contributed by atoms with Crippen LogP contribution in [0.2, 0.25) is 0 Å². The van der Waals surface area contributed by atoms with E-state index in [1.54, 1.807) is 6.20 Å². The molecule has 162 valence electrons. The zero-order valence-corrected chi connectivity index (χ0v) is 16.6. The molecule has 0 bridgehead atoms. The predicted molar refractivity (Wildman–Crippen MR) is 108 cm³/mol. The Labute approximate surface area is 177 Å². The van der Waals surface area contributed by atoms with Crippen molar-refractivity contribution in [2.24, 2.45) is 0 Å². The van der Waals surface area contributed by atoms with Crippen molar-refractivity contribution in [3.05, 3.63) is 66.1 Å². The highest BCUT2D eigenvalue weighted by Crippen LogP contribution is 2.30. The van der Waals surface area contributed by atoms with Gasteiger partial charge in [0.15, 0.2) is 0 Å². The monoisotopic (exact) mass is 430 g/mol. The lowest BCUT2D eigenvalue weighted by atomic mass is 10.1. The minimum atomic E-state index is -4.38. The number of ether oxygens (including phenoxy) is 1. The molecule has 0 amide bonds. The molecular weight excluding hydrogens is 409 g/mol. The fourth-order valence-corrected chi connectivity index (χ4v) is 3.46. The molecule has 1 atom stereocenters. The minimum Gasteiger partial charge on any atom is -0.379 e. The van der Waals surface area contributed by atoms with Crippen molar-refractivity contribution >= 4 is 5.95 Å². The van der Waals surface area contributed by atoms with E-state index in [-0.39, 0.29) is 6.04 Å². The van der Waals surface area contributed by atoms with Crippen LogP contribution in [0.15, 0.2) is 55.0 Å². The number of alkyl halides is 3. The molecule has 10 heteroatoms. The van der Waals surface area contributed by atoms with Crippen LogP contribution in [0.4, 0.5) is 19.1 Å². The van der Waals surface area contributed by atoms with Gasteiger partial charge in [0, 0.05) is 37.6 Å². The van der Waals surface area contributed by atoms with Crippen LogP contribution in [0.25, 0.3) is 11.3 Å². The van der Waals surface area contributed by atoms with Crippen molar-refractivity contribution in [2.45, 2.75) is 12.2 Å². The maximum atomic E-state index is 12.8. The van der Waals surface area contributed by atoms with Crippen LogP contribution in [0, 0.1) is 0 Å². The van der Waals surface area contributed by atoms with Crippen LogP contribution in [0.5, 0.6) is 0 Å². The molecule has 0 aliphatic carbocycles. The van der Waals surface area contributed by atoms with Gasteiger partial charge in [-0.15, -0.1) is 5.10 Å². The van der Waals surface area contributed by atoms with Gasteiger partial charge in [-0.05, 0) is 23.8 Å². The van der Waals surface area contributed by atoms with Crippen molar-refractivity contribution in [3.8, 4) is 11.3 Å². The Bertz CT molecular complexity index is 978. The second kappa shape index (κ2) is 9.36. The molecule has 1 aromatic carbocycles. The third-order valence-corrected chi connectivity index (χ3v) is 5.08. The van der Waals surface area contributed by atoms with Gasteiger partial charge in [-0.2, -0.15) is 18.3 Å². The summed E-state index contributed by atoms with van der Waals surface area (Å²) in [5, 5.41) is 11.2. The average Bonchev–Trinajstić information content (AvgIpc) is 2.80. The Balaban J connectivity index is 1.49. The normalized spacial score (nSPS) is 16.1. The van der Waals surface area contributed by atoms with Crippen LogP contribution in [0.3, 0.4) is 0 Å². The molecule has 1 aliphatic heterocycles. The topological polar surface area (TPSA) is 76.1 Å². The maximum absolute atomic E-state index is 12.8. The molecule has 3 aromatic rings. The van der Waals surface area contributed by atoms with E-state index in [4.69, 9.17) is 4.74 Å². The van der Waals surface area contributed by atoms with Gasteiger partial charge in [0.2, 0.25) is 5.95 Å². The molecular formula is C21H21F3N6O. The predicted octanol–water partition coefficient (Wildman–Crippen LogP) is 3.44. The molecule has 1 saturated heterocycles. The van der Waals surface area contributed by atoms with Gasteiger partial charge in [0.25, 0.3) is 0 Å². The molecule has 3 heterocycles. The molecule has 0 saturated carbocycles. The van der Waals surface area contributed by atoms with Gasteiger partial charge in [-0.25, -0.2) is 4.98 Å². The number of hydrogen-bond acceptors (Lipinski definition) is 7. The Morgan fingerprint density at radius 3 is 2.52 bits per heavy atom. The first-order valence-corrected chi connectivity index (χ1v) is 9.83. The number of benzene rings is 1. The Hall–Kier alpha value is -3.11. The highest BCUT2D eigenvalue weighted by Gasteiger charge is 2.30. The van der Waals surface area contributed by atoms with Crippen molar-refractivity contribution in [1.29, 1.82) is 0 Å². The summed E-state index contributed by atoms with van der Waals surface area (Å²) in [4.78, 5) is 11.0. The molecule has 31 heavy (non-hydrogen) atoms. The summed E-state index contributed by atoms with van der Waals surface area (Å²) < 4.78 is 43.8. The summed E-state index contributed by atoms with van der Waals surface area (Å²) in [5.74, 6) is 0.305. The Morgan fingerprint density at radius 2 is 1.84 bits per heavy atom. The molecule has 0 radical (unpaired) electrons. The summed E-state index contributed by atoms with van der Waals surface area (Å²) in [5.41, 5.74) is 1.32. The third-order valence-electron chi connectivity index (χ3n) is 5.08. The van der Waals surface area contributed by atoms with E-state index in [1.807, 2.05) is 18.3 Å². The summed E-state index contributed by atoms with van der Waals surface area (Å²) in [6.45, 7) is 3.44. The van der Waals surface area contributed by atoms with Crippen molar-refractivity contribution < 1.29 is 17.9 Å². The van der Waals surface area contributed by atoms with Crippen molar-refractivity contribution in [1.82, 2.24) is 25.1 Å². The molecule has 0 spiro atoms. The smallest absolute Gasteiger partial charge is 0.379 e. The highest BCUT2D eigenvalue weighted by molar-refractivity contribution is 5.59. The number of nitrogens with zero attached hydrogens (tertiary/aromatic N) is 5. The number of anilines is 1. The summed E-state index contributed by atoms with van der Waals surface area (Å²) >= 11 is 0. The SMILES string of the molecule is FC(F)(F)c1ccc(-c2cnnc(NCC(c3cccnc3)N3CCOCC3)n2)cc1. The summed E-state index contributed by atoms with van der Waals surface area (Å²) in [6, 6.07) is 8.77. The molecule has 4 rings (SSSR count). The lowest BCUT2D eigenvalue weighted by Crippen LogP contribution is -2.41. The minimum absolute atomic E-state index is 0.0379. The molecule has 7 nitrogen and oxygen atoms in total. The van der Waals surface area contributed by atoms with Gasteiger partial charge in [0.1, 0.15) is 0 Å². The second-order valence-corrected chi connectivity index (χ2v) is 7.07. The van der Waals surface area contributed by atoms with E-state index in [0.717, 1.165) is 30.8 Å². The largest absolute Gasteiger partial charge is 0.416 e. The van der Waals surface area contributed by atoms with Crippen LogP contribution >= 0.6 is 0 Å². The lowest BCUT2D eigenvalue weighted by Gasteiger charge is -2.34. The number of rotatable bonds is 6. The number of aromatic nitrogens is 4. The zero-order valence-electron chi connectivity index (χ0n) is 16.6.